The lowest BCUT2D eigenvalue weighted by atomic mass is 10.2. The topological polar surface area (TPSA) is 71.3 Å². The Bertz CT molecular complexity index is 896. The second kappa shape index (κ2) is 6.95. The molecule has 0 saturated carbocycles. The quantitative estimate of drug-likeness (QED) is 0.781. The van der Waals surface area contributed by atoms with Gasteiger partial charge < -0.3 is 14.6 Å². The molecular formula is C19H17FN4O2. The second-order valence-corrected chi connectivity index (χ2v) is 6.17. The molecule has 6 nitrogen and oxygen atoms in total. The Morgan fingerprint density at radius 2 is 2.08 bits per heavy atom. The number of hydrogen-bond donors (Lipinski definition) is 1. The average Bonchev–Trinajstić information content (AvgIpc) is 3.34. The van der Waals surface area contributed by atoms with Crippen molar-refractivity contribution in [2.45, 2.75) is 12.5 Å². The zero-order valence-corrected chi connectivity index (χ0v) is 13.9. The number of aromatic nitrogens is 2. The number of amides is 1. The molecule has 3 heterocycles. The third kappa shape index (κ3) is 3.42. The maximum atomic E-state index is 13.0. The molecule has 1 aromatic carbocycles. The van der Waals surface area contributed by atoms with Crippen molar-refractivity contribution in [3.63, 3.8) is 0 Å². The van der Waals surface area contributed by atoms with Crippen molar-refractivity contribution in [2.24, 2.45) is 0 Å². The predicted molar refractivity (Wildman–Crippen MR) is 94.1 cm³/mol. The first-order valence-electron chi connectivity index (χ1n) is 8.36. The monoisotopic (exact) mass is 352 g/mol. The van der Waals surface area contributed by atoms with E-state index >= 15 is 0 Å². The standard InChI is InChI=1S/C19H17FN4O2/c20-15-3-1-13(2-4-15)18(25)24-9-6-16(11-24)22-19-21-8-5-17(23-19)14-7-10-26-12-14/h1-5,7-8,10,12,16H,6,9,11H2,(H,21,22,23)/t16-/m0/s1. The van der Waals surface area contributed by atoms with Gasteiger partial charge in [-0.1, -0.05) is 0 Å². The number of rotatable bonds is 4. The van der Waals surface area contributed by atoms with Gasteiger partial charge in [0, 0.05) is 36.5 Å². The van der Waals surface area contributed by atoms with Gasteiger partial charge in [0.25, 0.3) is 5.91 Å². The van der Waals surface area contributed by atoms with Crippen molar-refractivity contribution >= 4 is 11.9 Å². The Hall–Kier alpha value is -3.22. The minimum absolute atomic E-state index is 0.0685. The van der Waals surface area contributed by atoms with Crippen molar-refractivity contribution in [1.29, 1.82) is 0 Å². The van der Waals surface area contributed by atoms with Gasteiger partial charge in [-0.2, -0.15) is 0 Å². The van der Waals surface area contributed by atoms with Crippen LogP contribution < -0.4 is 5.32 Å². The molecule has 1 N–H and O–H groups in total. The normalized spacial score (nSPS) is 16.7. The Morgan fingerprint density at radius 1 is 1.23 bits per heavy atom. The van der Waals surface area contributed by atoms with Gasteiger partial charge in [-0.05, 0) is 42.8 Å². The summed E-state index contributed by atoms with van der Waals surface area (Å²) in [6, 6.07) is 9.34. The van der Waals surface area contributed by atoms with Crippen LogP contribution in [0.3, 0.4) is 0 Å². The van der Waals surface area contributed by atoms with Crippen molar-refractivity contribution < 1.29 is 13.6 Å². The molecule has 0 unspecified atom stereocenters. The van der Waals surface area contributed by atoms with Crippen molar-refractivity contribution in [3.05, 3.63) is 66.5 Å². The third-order valence-electron chi connectivity index (χ3n) is 4.37. The summed E-state index contributed by atoms with van der Waals surface area (Å²) in [5.74, 6) is 0.0734. The largest absolute Gasteiger partial charge is 0.472 e. The SMILES string of the molecule is O=C(c1ccc(F)cc1)N1CC[C@H](Nc2nccc(-c3ccoc3)n2)C1. The summed E-state index contributed by atoms with van der Waals surface area (Å²) in [5, 5.41) is 3.28. The van der Waals surface area contributed by atoms with E-state index in [2.05, 4.69) is 15.3 Å². The lowest BCUT2D eigenvalue weighted by Gasteiger charge is -2.17. The number of nitrogens with zero attached hydrogens (tertiary/aromatic N) is 3. The molecule has 1 amide bonds. The van der Waals surface area contributed by atoms with Crippen LogP contribution in [0.25, 0.3) is 11.3 Å². The number of halogens is 1. The summed E-state index contributed by atoms with van der Waals surface area (Å²) in [6.07, 6.45) is 5.71. The van der Waals surface area contributed by atoms with Crippen LogP contribution in [-0.2, 0) is 0 Å². The molecule has 7 heteroatoms. The van der Waals surface area contributed by atoms with Crippen LogP contribution in [-0.4, -0.2) is 39.9 Å². The zero-order valence-electron chi connectivity index (χ0n) is 13.9. The van der Waals surface area contributed by atoms with E-state index in [1.54, 1.807) is 23.6 Å². The highest BCUT2D eigenvalue weighted by Gasteiger charge is 2.27. The summed E-state index contributed by atoms with van der Waals surface area (Å²) < 4.78 is 18.1. The highest BCUT2D eigenvalue weighted by Crippen LogP contribution is 2.20. The number of carbonyl (C=O) groups is 1. The van der Waals surface area contributed by atoms with Gasteiger partial charge in [-0.15, -0.1) is 0 Å². The number of furan rings is 1. The molecule has 4 rings (SSSR count). The molecule has 26 heavy (non-hydrogen) atoms. The van der Waals surface area contributed by atoms with E-state index in [1.807, 2.05) is 12.1 Å². The van der Waals surface area contributed by atoms with Crippen LogP contribution in [0.5, 0.6) is 0 Å². The fourth-order valence-corrected chi connectivity index (χ4v) is 3.02. The zero-order chi connectivity index (χ0) is 17.9. The van der Waals surface area contributed by atoms with Crippen LogP contribution in [0.15, 0.2) is 59.5 Å². The van der Waals surface area contributed by atoms with Crippen LogP contribution in [0, 0.1) is 5.82 Å². The van der Waals surface area contributed by atoms with Gasteiger partial charge in [0.1, 0.15) is 5.82 Å². The summed E-state index contributed by atoms with van der Waals surface area (Å²) in [6.45, 7) is 1.19. The maximum Gasteiger partial charge on any atom is 0.253 e. The highest BCUT2D eigenvalue weighted by molar-refractivity contribution is 5.94. The van der Waals surface area contributed by atoms with Crippen molar-refractivity contribution in [1.82, 2.24) is 14.9 Å². The fourth-order valence-electron chi connectivity index (χ4n) is 3.02. The van der Waals surface area contributed by atoms with E-state index in [9.17, 15) is 9.18 Å². The number of carbonyl (C=O) groups excluding carboxylic acids is 1. The van der Waals surface area contributed by atoms with Gasteiger partial charge in [-0.25, -0.2) is 14.4 Å². The molecule has 1 saturated heterocycles. The van der Waals surface area contributed by atoms with Gasteiger partial charge in [0.15, 0.2) is 0 Å². The minimum Gasteiger partial charge on any atom is -0.472 e. The Balaban J connectivity index is 1.41. The molecule has 0 spiro atoms. The molecule has 0 aliphatic carbocycles. The smallest absolute Gasteiger partial charge is 0.253 e. The van der Waals surface area contributed by atoms with Crippen molar-refractivity contribution in [2.75, 3.05) is 18.4 Å². The fraction of sp³-hybridized carbons (Fsp3) is 0.211. The molecular weight excluding hydrogens is 335 g/mol. The number of hydrogen-bond acceptors (Lipinski definition) is 5. The Kier molecular flexibility index (Phi) is 4.35. The van der Waals surface area contributed by atoms with Crippen LogP contribution >= 0.6 is 0 Å². The summed E-state index contributed by atoms with van der Waals surface area (Å²) in [5.41, 5.74) is 2.15. The van der Waals surface area contributed by atoms with Gasteiger partial charge in [-0.3, -0.25) is 4.79 Å². The lowest BCUT2D eigenvalue weighted by molar-refractivity contribution is 0.0791. The van der Waals surface area contributed by atoms with Gasteiger partial charge in [0.2, 0.25) is 5.95 Å². The maximum absolute atomic E-state index is 13.0. The molecule has 1 aliphatic heterocycles. The second-order valence-electron chi connectivity index (χ2n) is 6.17. The van der Waals surface area contributed by atoms with Gasteiger partial charge >= 0.3 is 0 Å². The summed E-state index contributed by atoms with van der Waals surface area (Å²) in [4.78, 5) is 23.0. The van der Waals surface area contributed by atoms with E-state index in [4.69, 9.17) is 4.42 Å². The van der Waals surface area contributed by atoms with E-state index in [0.29, 0.717) is 24.6 Å². The third-order valence-corrected chi connectivity index (χ3v) is 4.37. The summed E-state index contributed by atoms with van der Waals surface area (Å²) in [7, 11) is 0. The number of likely N-dealkylation sites (tertiary alicyclic amines) is 1. The van der Waals surface area contributed by atoms with E-state index in [-0.39, 0.29) is 17.8 Å². The molecule has 1 atom stereocenters. The molecule has 3 aromatic rings. The molecule has 1 aliphatic rings. The summed E-state index contributed by atoms with van der Waals surface area (Å²) >= 11 is 0. The van der Waals surface area contributed by atoms with Crippen LogP contribution in [0.1, 0.15) is 16.8 Å². The molecule has 1 fully saturated rings. The van der Waals surface area contributed by atoms with Crippen molar-refractivity contribution in [3.8, 4) is 11.3 Å². The average molecular weight is 352 g/mol. The first-order valence-corrected chi connectivity index (χ1v) is 8.36. The molecule has 132 valence electrons. The van der Waals surface area contributed by atoms with Gasteiger partial charge in [0.05, 0.1) is 18.2 Å². The molecule has 0 radical (unpaired) electrons. The number of nitrogens with one attached hydrogen (secondary N) is 1. The Morgan fingerprint density at radius 3 is 2.85 bits per heavy atom. The lowest BCUT2D eigenvalue weighted by Crippen LogP contribution is -2.31. The molecule has 0 bridgehead atoms. The Labute approximate surface area is 149 Å². The van der Waals surface area contributed by atoms with E-state index < -0.39 is 0 Å². The predicted octanol–water partition coefficient (Wildman–Crippen LogP) is 3.20. The van der Waals surface area contributed by atoms with Crippen LogP contribution in [0.4, 0.5) is 10.3 Å². The number of anilines is 1. The number of benzene rings is 1. The first-order chi connectivity index (χ1) is 12.7. The van der Waals surface area contributed by atoms with E-state index in [1.165, 1.54) is 24.3 Å². The van der Waals surface area contributed by atoms with E-state index in [0.717, 1.165) is 17.7 Å². The highest BCUT2D eigenvalue weighted by atomic mass is 19.1. The molecule has 2 aromatic heterocycles. The van der Waals surface area contributed by atoms with Crippen LogP contribution in [0.2, 0.25) is 0 Å². The first kappa shape index (κ1) is 16.3. The minimum atomic E-state index is -0.350.